The van der Waals surface area contributed by atoms with E-state index in [1.165, 1.54) is 28.3 Å². The van der Waals surface area contributed by atoms with Crippen molar-refractivity contribution in [2.75, 3.05) is 6.67 Å². The molecule has 4 rings (SSSR count). The van der Waals surface area contributed by atoms with Gasteiger partial charge in [0.05, 0.1) is 19.0 Å². The molecule has 84 valence electrons. The van der Waals surface area contributed by atoms with E-state index in [0.717, 1.165) is 6.67 Å². The van der Waals surface area contributed by atoms with Crippen LogP contribution in [0.3, 0.4) is 0 Å². The van der Waals surface area contributed by atoms with Crippen molar-refractivity contribution in [3.05, 3.63) is 21.7 Å². The molecular weight excluding hydrogens is 220 g/mol. The fraction of sp³-hybridized carbons (Fsp3) is 0.545. The first-order valence-electron chi connectivity index (χ1n) is 5.80. The van der Waals surface area contributed by atoms with Crippen LogP contribution in [-0.2, 0) is 0 Å². The van der Waals surface area contributed by atoms with Crippen LogP contribution >= 0.6 is 11.8 Å². The molecule has 3 N–H and O–H groups in total. The predicted molar refractivity (Wildman–Crippen MR) is 65.8 cm³/mol. The van der Waals surface area contributed by atoms with E-state index in [-0.39, 0.29) is 0 Å². The third-order valence-corrected chi connectivity index (χ3v) is 5.12. The summed E-state index contributed by atoms with van der Waals surface area (Å²) >= 11 is 1.92. The van der Waals surface area contributed by atoms with Gasteiger partial charge in [0.1, 0.15) is 0 Å². The summed E-state index contributed by atoms with van der Waals surface area (Å²) < 4.78 is 0. The molecule has 0 aromatic rings. The topological polar surface area (TPSA) is 48.5 Å². The van der Waals surface area contributed by atoms with E-state index >= 15 is 0 Å². The molecule has 0 bridgehead atoms. The van der Waals surface area contributed by atoms with Gasteiger partial charge in [-0.3, -0.25) is 10.3 Å². The molecule has 2 fully saturated rings. The van der Waals surface area contributed by atoms with Gasteiger partial charge in [0.2, 0.25) is 0 Å². The molecule has 0 aromatic carbocycles. The van der Waals surface area contributed by atoms with E-state index in [2.05, 4.69) is 27.1 Å². The van der Waals surface area contributed by atoms with Crippen molar-refractivity contribution in [2.45, 2.75) is 24.9 Å². The maximum atomic E-state index is 4.58. The van der Waals surface area contributed by atoms with Gasteiger partial charge >= 0.3 is 0 Å². The molecule has 2 saturated heterocycles. The molecule has 3 unspecified atom stereocenters. The van der Waals surface area contributed by atoms with Crippen molar-refractivity contribution < 1.29 is 0 Å². The molecule has 5 heteroatoms. The lowest BCUT2D eigenvalue weighted by atomic mass is 9.86. The molecule has 1 aliphatic carbocycles. The molecular formula is C11H14N4S. The van der Waals surface area contributed by atoms with Gasteiger partial charge in [-0.2, -0.15) is 0 Å². The molecule has 4 aliphatic rings. The van der Waals surface area contributed by atoms with Crippen LogP contribution in [0.4, 0.5) is 0 Å². The Morgan fingerprint density at radius 3 is 3.38 bits per heavy atom. The van der Waals surface area contributed by atoms with E-state index in [1.54, 1.807) is 0 Å². The minimum atomic E-state index is 0.386. The van der Waals surface area contributed by atoms with Gasteiger partial charge in [-0.15, -0.1) is 0 Å². The number of hydrogen-bond acceptors (Lipinski definition) is 5. The number of thioether (sulfide) groups is 1. The van der Waals surface area contributed by atoms with Crippen LogP contribution in [0.1, 0.15) is 12.8 Å². The Kier molecular flexibility index (Phi) is 1.87. The molecule has 0 radical (unpaired) electrons. The fourth-order valence-electron chi connectivity index (χ4n) is 3.03. The number of hydrogen-bond donors (Lipinski definition) is 3. The first kappa shape index (κ1) is 9.13. The molecule has 0 spiro atoms. The first-order chi connectivity index (χ1) is 7.93. The Morgan fingerprint density at radius 1 is 1.38 bits per heavy atom. The van der Waals surface area contributed by atoms with Crippen molar-refractivity contribution in [3.63, 3.8) is 0 Å². The van der Waals surface area contributed by atoms with Gasteiger partial charge in [0, 0.05) is 33.7 Å². The quantitative estimate of drug-likeness (QED) is 0.578. The Morgan fingerprint density at radius 2 is 2.38 bits per heavy atom. The monoisotopic (exact) mass is 234 g/mol. The summed E-state index contributed by atoms with van der Waals surface area (Å²) in [5, 5.41) is 10.1. The second-order valence-corrected chi connectivity index (χ2v) is 5.73. The Bertz CT molecular complexity index is 426. The summed E-state index contributed by atoms with van der Waals surface area (Å²) in [4.78, 5) is 7.49. The molecule has 0 aromatic heterocycles. The van der Waals surface area contributed by atoms with E-state index in [9.17, 15) is 0 Å². The van der Waals surface area contributed by atoms with Crippen LogP contribution in [0.5, 0.6) is 0 Å². The fourth-order valence-corrected chi connectivity index (χ4v) is 4.48. The summed E-state index contributed by atoms with van der Waals surface area (Å²) in [6.45, 7) is 0.919. The highest BCUT2D eigenvalue weighted by Crippen LogP contribution is 2.52. The van der Waals surface area contributed by atoms with E-state index in [4.69, 9.17) is 0 Å². The van der Waals surface area contributed by atoms with Crippen LogP contribution in [-0.4, -0.2) is 25.1 Å². The van der Waals surface area contributed by atoms with Crippen molar-refractivity contribution >= 4 is 18.1 Å². The number of nitrogens with zero attached hydrogens (tertiary/aromatic N) is 1. The zero-order valence-electron chi connectivity index (χ0n) is 8.86. The van der Waals surface area contributed by atoms with Gasteiger partial charge in [0.15, 0.2) is 0 Å². The maximum absolute atomic E-state index is 4.58. The molecule has 16 heavy (non-hydrogen) atoms. The molecule has 4 nitrogen and oxygen atoms in total. The number of nitrogens with one attached hydrogen (secondary N) is 3. The number of aliphatic imine (C=N–C) groups is 1. The Labute approximate surface area is 98.7 Å². The molecule has 3 heterocycles. The van der Waals surface area contributed by atoms with E-state index in [1.807, 2.05) is 18.1 Å². The number of fused-ring (bicyclic) bond motifs is 4. The summed E-state index contributed by atoms with van der Waals surface area (Å²) in [6.07, 6.45) is 6.43. The lowest BCUT2D eigenvalue weighted by Gasteiger charge is -2.26. The summed E-state index contributed by atoms with van der Waals surface area (Å²) in [5.74, 6) is 0.619. The molecule has 3 atom stereocenters. The average Bonchev–Trinajstić information content (AvgIpc) is 2.92. The van der Waals surface area contributed by atoms with Gasteiger partial charge in [-0.25, -0.2) is 0 Å². The van der Waals surface area contributed by atoms with Gasteiger partial charge in [-0.05, 0) is 12.8 Å². The Balaban J connectivity index is 1.79. The zero-order chi connectivity index (χ0) is 10.5. The standard InChI is InChI=1S/C11H14N4S/c1-2-7-10(15-5-13-7)11-6(1)9-8(16-11)3-12-4-14-9/h3-4,6-7,9,13,15H,1-2,5H2,(H,12,14). The molecule has 0 amide bonds. The van der Waals surface area contributed by atoms with Crippen molar-refractivity contribution in [1.82, 2.24) is 16.0 Å². The van der Waals surface area contributed by atoms with Crippen LogP contribution < -0.4 is 16.0 Å². The largest absolute Gasteiger partial charge is 0.374 e. The first-order valence-corrected chi connectivity index (χ1v) is 6.62. The summed E-state index contributed by atoms with van der Waals surface area (Å²) in [6, 6.07) is 0.952. The molecule has 3 aliphatic heterocycles. The third kappa shape index (κ3) is 1.13. The zero-order valence-corrected chi connectivity index (χ0v) is 9.68. The van der Waals surface area contributed by atoms with Gasteiger partial charge in [-0.1, -0.05) is 11.8 Å². The minimum Gasteiger partial charge on any atom is -0.374 e. The highest BCUT2D eigenvalue weighted by molar-refractivity contribution is 8.07. The normalized spacial score (nSPS) is 39.5. The average molecular weight is 234 g/mol. The third-order valence-electron chi connectivity index (χ3n) is 3.78. The van der Waals surface area contributed by atoms with Gasteiger partial charge < -0.3 is 10.6 Å². The van der Waals surface area contributed by atoms with Crippen molar-refractivity contribution in [1.29, 1.82) is 0 Å². The summed E-state index contributed by atoms with van der Waals surface area (Å²) in [5.41, 5.74) is 1.44. The lowest BCUT2D eigenvalue weighted by Crippen LogP contribution is -2.31. The van der Waals surface area contributed by atoms with Gasteiger partial charge in [0.25, 0.3) is 0 Å². The number of rotatable bonds is 0. The Hall–Kier alpha value is -0.940. The van der Waals surface area contributed by atoms with E-state index in [0.29, 0.717) is 18.0 Å². The maximum Gasteiger partial charge on any atom is 0.0916 e. The SMILES string of the molecule is C1=NC2C(=CN1)SC1=C3NCNC3CCC12. The van der Waals surface area contributed by atoms with E-state index < -0.39 is 0 Å². The summed E-state index contributed by atoms with van der Waals surface area (Å²) in [7, 11) is 0. The van der Waals surface area contributed by atoms with Crippen molar-refractivity contribution in [2.24, 2.45) is 10.9 Å². The van der Waals surface area contributed by atoms with Crippen LogP contribution in [0.15, 0.2) is 26.7 Å². The predicted octanol–water partition coefficient (Wildman–Crippen LogP) is 0.715. The highest BCUT2D eigenvalue weighted by Gasteiger charge is 2.43. The second kappa shape index (κ2) is 3.28. The smallest absolute Gasteiger partial charge is 0.0916 e. The van der Waals surface area contributed by atoms with Crippen molar-refractivity contribution in [3.8, 4) is 0 Å². The molecule has 0 saturated carbocycles. The lowest BCUT2D eigenvalue weighted by molar-refractivity contribution is 0.444. The second-order valence-electron chi connectivity index (χ2n) is 4.61. The van der Waals surface area contributed by atoms with Crippen LogP contribution in [0.25, 0.3) is 0 Å². The highest BCUT2D eigenvalue weighted by atomic mass is 32.2. The van der Waals surface area contributed by atoms with Crippen LogP contribution in [0, 0.1) is 5.92 Å². The minimum absolute atomic E-state index is 0.386. The van der Waals surface area contributed by atoms with Crippen LogP contribution in [0.2, 0.25) is 0 Å².